The number of fused-ring (bicyclic) bond motifs is 1. The Hall–Kier alpha value is -2.50. The molecule has 6 heteroatoms. The van der Waals surface area contributed by atoms with Crippen LogP contribution < -0.4 is 9.47 Å². The fourth-order valence-corrected chi connectivity index (χ4v) is 1.75. The van der Waals surface area contributed by atoms with E-state index in [4.69, 9.17) is 19.0 Å². The molecule has 2 aromatic rings. The number of benzene rings is 1. The minimum absolute atomic E-state index is 0.213. The molecule has 0 aliphatic rings. The lowest BCUT2D eigenvalue weighted by Crippen LogP contribution is -1.95. The first-order valence-corrected chi connectivity index (χ1v) is 4.99. The van der Waals surface area contributed by atoms with E-state index in [0.717, 1.165) is 0 Å². The minimum atomic E-state index is -1.19. The van der Waals surface area contributed by atoms with E-state index in [0.29, 0.717) is 11.7 Å². The van der Waals surface area contributed by atoms with Crippen molar-refractivity contribution in [2.45, 2.75) is 0 Å². The molecule has 2 rings (SSSR count). The Morgan fingerprint density at radius 3 is 2.56 bits per heavy atom. The highest BCUT2D eigenvalue weighted by atomic mass is 16.5. The van der Waals surface area contributed by atoms with Gasteiger partial charge in [0, 0.05) is 12.1 Å². The number of carboxylic acid groups (broad SMARTS) is 1. The van der Waals surface area contributed by atoms with Crippen LogP contribution >= 0.6 is 0 Å². The number of aromatic carboxylic acids is 1. The van der Waals surface area contributed by atoms with Crippen molar-refractivity contribution in [3.63, 3.8) is 0 Å². The van der Waals surface area contributed by atoms with Crippen LogP contribution in [0.2, 0.25) is 0 Å². The highest BCUT2D eigenvalue weighted by molar-refractivity contribution is 6.00. The number of hydrogen-bond donors (Lipinski definition) is 1. The molecule has 1 aromatic heterocycles. The van der Waals surface area contributed by atoms with Gasteiger partial charge in [0.1, 0.15) is 17.1 Å². The van der Waals surface area contributed by atoms with Crippen LogP contribution in [0.5, 0.6) is 11.5 Å². The second-order valence-electron chi connectivity index (χ2n) is 3.47. The summed E-state index contributed by atoms with van der Waals surface area (Å²) in [4.78, 5) is 21.9. The van der Waals surface area contributed by atoms with Crippen LogP contribution in [-0.2, 0) is 0 Å². The molecule has 6 nitrogen and oxygen atoms in total. The van der Waals surface area contributed by atoms with Gasteiger partial charge in [-0.05, 0) is 0 Å². The van der Waals surface area contributed by atoms with Crippen molar-refractivity contribution in [1.82, 2.24) is 0 Å². The minimum Gasteiger partial charge on any atom is -0.496 e. The van der Waals surface area contributed by atoms with Crippen LogP contribution in [0.15, 0.2) is 16.5 Å². The summed E-state index contributed by atoms with van der Waals surface area (Å²) in [5, 5.41) is 9.28. The number of ether oxygens (including phenoxy) is 2. The van der Waals surface area contributed by atoms with Crippen molar-refractivity contribution in [1.29, 1.82) is 0 Å². The van der Waals surface area contributed by atoms with E-state index in [-0.39, 0.29) is 28.4 Å². The first-order chi connectivity index (χ1) is 8.62. The van der Waals surface area contributed by atoms with E-state index < -0.39 is 5.97 Å². The molecule has 0 aliphatic heterocycles. The third-order valence-corrected chi connectivity index (χ3v) is 2.53. The van der Waals surface area contributed by atoms with E-state index in [2.05, 4.69) is 0 Å². The van der Waals surface area contributed by atoms with Crippen LogP contribution in [-0.4, -0.2) is 31.6 Å². The zero-order valence-electron chi connectivity index (χ0n) is 9.72. The van der Waals surface area contributed by atoms with E-state index in [1.807, 2.05) is 0 Å². The monoisotopic (exact) mass is 250 g/mol. The highest BCUT2D eigenvalue weighted by Gasteiger charge is 2.20. The van der Waals surface area contributed by atoms with Gasteiger partial charge >= 0.3 is 5.97 Å². The normalized spacial score (nSPS) is 10.3. The topological polar surface area (TPSA) is 86.0 Å². The number of carbonyl (C=O) groups excluding carboxylic acids is 1. The van der Waals surface area contributed by atoms with Crippen molar-refractivity contribution in [3.8, 4) is 11.5 Å². The van der Waals surface area contributed by atoms with Gasteiger partial charge < -0.3 is 19.0 Å². The molecule has 0 radical (unpaired) electrons. The van der Waals surface area contributed by atoms with Gasteiger partial charge in [-0.2, -0.15) is 0 Å². The van der Waals surface area contributed by atoms with Crippen LogP contribution in [0.1, 0.15) is 20.9 Å². The lowest BCUT2D eigenvalue weighted by atomic mass is 10.1. The average Bonchev–Trinajstić information content (AvgIpc) is 2.79. The predicted molar refractivity (Wildman–Crippen MR) is 61.7 cm³/mol. The number of hydrogen-bond acceptors (Lipinski definition) is 5. The number of furan rings is 1. The molecule has 0 bridgehead atoms. The average molecular weight is 250 g/mol. The van der Waals surface area contributed by atoms with Crippen molar-refractivity contribution in [2.75, 3.05) is 14.2 Å². The third kappa shape index (κ3) is 1.67. The second-order valence-corrected chi connectivity index (χ2v) is 3.47. The standard InChI is InChI=1S/C12H10O6/c1-16-8-4-9-6(3-10(18-9)12(14)15)11(17-2)7(8)5-13/h3-5H,1-2H3,(H,14,15). The first-order valence-electron chi connectivity index (χ1n) is 4.99. The van der Waals surface area contributed by atoms with Gasteiger partial charge in [0.05, 0.1) is 25.2 Å². The van der Waals surface area contributed by atoms with Gasteiger partial charge in [-0.15, -0.1) is 0 Å². The fourth-order valence-electron chi connectivity index (χ4n) is 1.75. The summed E-state index contributed by atoms with van der Waals surface area (Å²) in [7, 11) is 2.78. The molecule has 0 amide bonds. The number of carboxylic acids is 1. The molecule has 1 heterocycles. The first kappa shape index (κ1) is 12.0. The van der Waals surface area contributed by atoms with Gasteiger partial charge in [-0.1, -0.05) is 0 Å². The Labute approximate surface area is 102 Å². The summed E-state index contributed by atoms with van der Waals surface area (Å²) < 4.78 is 15.3. The van der Waals surface area contributed by atoms with Crippen LogP contribution in [0.4, 0.5) is 0 Å². The summed E-state index contributed by atoms with van der Waals surface area (Å²) in [6.07, 6.45) is 0.588. The summed E-state index contributed by atoms with van der Waals surface area (Å²) in [6, 6.07) is 2.76. The maximum Gasteiger partial charge on any atom is 0.371 e. The van der Waals surface area contributed by atoms with E-state index in [9.17, 15) is 9.59 Å². The predicted octanol–water partition coefficient (Wildman–Crippen LogP) is 1.96. The molecule has 0 saturated heterocycles. The maximum atomic E-state index is 11.0. The molecule has 0 unspecified atom stereocenters. The Kier molecular flexibility index (Phi) is 2.93. The van der Waals surface area contributed by atoms with Gasteiger partial charge in [-0.3, -0.25) is 4.79 Å². The molecule has 0 aliphatic carbocycles. The van der Waals surface area contributed by atoms with Gasteiger partial charge in [0.2, 0.25) is 5.76 Å². The SMILES string of the molecule is COc1cc2oc(C(=O)O)cc2c(OC)c1C=O. The smallest absolute Gasteiger partial charge is 0.371 e. The van der Waals surface area contributed by atoms with E-state index in [1.54, 1.807) is 0 Å². The summed E-state index contributed by atoms with van der Waals surface area (Å²) in [5.41, 5.74) is 0.497. The quantitative estimate of drug-likeness (QED) is 0.835. The van der Waals surface area contributed by atoms with E-state index in [1.165, 1.54) is 26.4 Å². The Bertz CT molecular complexity index is 625. The van der Waals surface area contributed by atoms with Crippen LogP contribution in [0.25, 0.3) is 11.0 Å². The maximum absolute atomic E-state index is 11.0. The van der Waals surface area contributed by atoms with Gasteiger partial charge in [0.25, 0.3) is 0 Å². The van der Waals surface area contributed by atoms with Crippen molar-refractivity contribution < 1.29 is 28.6 Å². The van der Waals surface area contributed by atoms with Crippen molar-refractivity contribution >= 4 is 23.2 Å². The molecule has 94 valence electrons. The lowest BCUT2D eigenvalue weighted by molar-refractivity contribution is 0.0665. The van der Waals surface area contributed by atoms with Crippen LogP contribution in [0.3, 0.4) is 0 Å². The number of aldehydes is 1. The summed E-state index contributed by atoms with van der Waals surface area (Å²) in [5.74, 6) is -0.926. The molecule has 0 atom stereocenters. The molecule has 0 fully saturated rings. The Morgan fingerprint density at radius 2 is 2.06 bits per heavy atom. The highest BCUT2D eigenvalue weighted by Crippen LogP contribution is 2.37. The zero-order chi connectivity index (χ0) is 13.3. The van der Waals surface area contributed by atoms with Crippen molar-refractivity contribution in [3.05, 3.63) is 23.5 Å². The molecule has 0 saturated carbocycles. The van der Waals surface area contributed by atoms with Gasteiger partial charge in [0.15, 0.2) is 6.29 Å². The second kappa shape index (κ2) is 4.40. The Balaban J connectivity index is 2.83. The van der Waals surface area contributed by atoms with Crippen LogP contribution in [0, 0.1) is 0 Å². The molecular formula is C12H10O6. The number of methoxy groups -OCH3 is 2. The third-order valence-electron chi connectivity index (χ3n) is 2.53. The van der Waals surface area contributed by atoms with Crippen molar-refractivity contribution in [2.24, 2.45) is 0 Å². The number of carbonyl (C=O) groups is 2. The zero-order valence-corrected chi connectivity index (χ0v) is 9.72. The van der Waals surface area contributed by atoms with Gasteiger partial charge in [-0.25, -0.2) is 4.79 Å². The molecule has 1 N–H and O–H groups in total. The Morgan fingerprint density at radius 1 is 1.33 bits per heavy atom. The summed E-state index contributed by atoms with van der Waals surface area (Å²) >= 11 is 0. The molecule has 0 spiro atoms. The fraction of sp³-hybridized carbons (Fsp3) is 0.167. The summed E-state index contributed by atoms with van der Waals surface area (Å²) in [6.45, 7) is 0. The molecular weight excluding hydrogens is 240 g/mol. The molecule has 1 aromatic carbocycles. The lowest BCUT2D eigenvalue weighted by Gasteiger charge is -2.08. The molecule has 18 heavy (non-hydrogen) atoms. The number of rotatable bonds is 4. The largest absolute Gasteiger partial charge is 0.496 e. The van der Waals surface area contributed by atoms with E-state index >= 15 is 0 Å².